The second kappa shape index (κ2) is 8.05. The number of nitrogens with zero attached hydrogens (tertiary/aromatic N) is 3. The van der Waals surface area contributed by atoms with E-state index in [4.69, 9.17) is 5.73 Å². The summed E-state index contributed by atoms with van der Waals surface area (Å²) in [6, 6.07) is 7.62. The van der Waals surface area contributed by atoms with Crippen LogP contribution in [0.1, 0.15) is 18.9 Å². The molecule has 8 nitrogen and oxygen atoms in total. The van der Waals surface area contributed by atoms with Gasteiger partial charge in [-0.05, 0) is 37.7 Å². The van der Waals surface area contributed by atoms with Gasteiger partial charge in [0, 0.05) is 0 Å². The van der Waals surface area contributed by atoms with E-state index in [0.717, 1.165) is 23.0 Å². The normalized spacial score (nSPS) is 19.9. The topological polar surface area (TPSA) is 117 Å². The Kier molecular flexibility index (Phi) is 5.76. The highest BCUT2D eigenvalue weighted by Gasteiger charge is 2.30. The summed E-state index contributed by atoms with van der Waals surface area (Å²) in [7, 11) is 0. The van der Waals surface area contributed by atoms with Crippen LogP contribution in [-0.4, -0.2) is 49.5 Å². The SMILES string of the molecule is Cc1ccc([N+]2=C(N)CC(=O)N=C2SCC(=O)NC2=NC(=O)C(C)S2)cc1. The van der Waals surface area contributed by atoms with Crippen molar-refractivity contribution in [1.82, 2.24) is 5.32 Å². The molecule has 0 saturated heterocycles. The molecule has 0 fully saturated rings. The number of rotatable bonds is 3. The monoisotopic (exact) mass is 404 g/mol. The van der Waals surface area contributed by atoms with Crippen molar-refractivity contribution in [2.24, 2.45) is 15.7 Å². The second-order valence-corrected chi connectivity index (χ2v) is 8.25. The molecule has 3 rings (SSSR count). The van der Waals surface area contributed by atoms with Crippen LogP contribution in [0.5, 0.6) is 0 Å². The highest BCUT2D eigenvalue weighted by atomic mass is 32.2. The lowest BCUT2D eigenvalue weighted by molar-refractivity contribution is -0.304. The van der Waals surface area contributed by atoms with Crippen molar-refractivity contribution in [3.05, 3.63) is 29.8 Å². The zero-order chi connectivity index (χ0) is 19.6. The molecule has 0 aliphatic carbocycles. The van der Waals surface area contributed by atoms with Crippen molar-refractivity contribution in [1.29, 1.82) is 0 Å². The fourth-order valence-electron chi connectivity index (χ4n) is 2.40. The molecule has 2 heterocycles. The van der Waals surface area contributed by atoms with Crippen molar-refractivity contribution in [2.45, 2.75) is 25.5 Å². The minimum atomic E-state index is -0.353. The van der Waals surface area contributed by atoms with Crippen molar-refractivity contribution < 1.29 is 19.0 Å². The van der Waals surface area contributed by atoms with E-state index >= 15 is 0 Å². The van der Waals surface area contributed by atoms with Crippen LogP contribution in [-0.2, 0) is 14.4 Å². The molecule has 27 heavy (non-hydrogen) atoms. The Morgan fingerprint density at radius 3 is 2.67 bits per heavy atom. The van der Waals surface area contributed by atoms with E-state index in [1.54, 1.807) is 11.5 Å². The van der Waals surface area contributed by atoms with Crippen LogP contribution in [0.4, 0.5) is 5.69 Å². The Morgan fingerprint density at radius 1 is 1.33 bits per heavy atom. The molecule has 0 aromatic heterocycles. The summed E-state index contributed by atoms with van der Waals surface area (Å²) in [6.07, 6.45) is 0.0254. The molecule has 0 spiro atoms. The van der Waals surface area contributed by atoms with Crippen LogP contribution < -0.4 is 11.1 Å². The number of thioether (sulfide) groups is 2. The fraction of sp³-hybridized carbons (Fsp3) is 0.294. The summed E-state index contributed by atoms with van der Waals surface area (Å²) in [5.74, 6) is -0.593. The molecule has 3 amide bonds. The quantitative estimate of drug-likeness (QED) is 0.730. The predicted octanol–water partition coefficient (Wildman–Crippen LogP) is 1.15. The maximum Gasteiger partial charge on any atom is 0.327 e. The highest BCUT2D eigenvalue weighted by molar-refractivity contribution is 8.15. The lowest BCUT2D eigenvalue weighted by Crippen LogP contribution is -2.36. The Morgan fingerprint density at radius 2 is 2.04 bits per heavy atom. The Balaban J connectivity index is 1.71. The molecule has 1 aromatic carbocycles. The van der Waals surface area contributed by atoms with Gasteiger partial charge in [-0.25, -0.2) is 0 Å². The van der Waals surface area contributed by atoms with E-state index in [9.17, 15) is 14.4 Å². The first-order valence-corrected chi connectivity index (χ1v) is 10.0. The summed E-state index contributed by atoms with van der Waals surface area (Å²) in [6.45, 7) is 3.70. The van der Waals surface area contributed by atoms with Crippen LogP contribution in [0.2, 0.25) is 0 Å². The molecule has 1 aromatic rings. The van der Waals surface area contributed by atoms with Crippen LogP contribution in [0.25, 0.3) is 0 Å². The minimum Gasteiger partial charge on any atom is -0.321 e. The molecule has 10 heteroatoms. The second-order valence-electron chi connectivity index (χ2n) is 5.98. The fourth-order valence-corrected chi connectivity index (χ4v) is 4.05. The molecule has 1 atom stereocenters. The van der Waals surface area contributed by atoms with E-state index in [2.05, 4.69) is 15.3 Å². The van der Waals surface area contributed by atoms with Gasteiger partial charge in [0.05, 0.1) is 11.0 Å². The largest absolute Gasteiger partial charge is 0.327 e. The van der Waals surface area contributed by atoms with Crippen LogP contribution in [0, 0.1) is 6.92 Å². The Hall–Kier alpha value is -2.46. The van der Waals surface area contributed by atoms with Gasteiger partial charge in [-0.2, -0.15) is 9.57 Å². The Labute approximate surface area is 164 Å². The number of aryl methyl sites for hydroxylation is 1. The molecule has 3 N–H and O–H groups in total. The van der Waals surface area contributed by atoms with Gasteiger partial charge in [0.15, 0.2) is 5.17 Å². The highest BCUT2D eigenvalue weighted by Crippen LogP contribution is 2.22. The third-order valence-electron chi connectivity index (χ3n) is 3.75. The summed E-state index contributed by atoms with van der Waals surface area (Å²) >= 11 is 2.30. The number of carbonyl (C=O) groups is 3. The van der Waals surface area contributed by atoms with Crippen LogP contribution in [0.3, 0.4) is 0 Å². The predicted molar refractivity (Wildman–Crippen MR) is 107 cm³/mol. The number of aliphatic imine (C=N–C) groups is 2. The average Bonchev–Trinajstić information content (AvgIpc) is 2.91. The molecular weight excluding hydrogens is 386 g/mol. The summed E-state index contributed by atoms with van der Waals surface area (Å²) in [4.78, 5) is 43.2. The smallest absolute Gasteiger partial charge is 0.321 e. The summed E-state index contributed by atoms with van der Waals surface area (Å²) in [5, 5.41) is 2.94. The number of nitrogens with one attached hydrogen (secondary N) is 1. The molecule has 0 bridgehead atoms. The number of benzene rings is 1. The first-order valence-electron chi connectivity index (χ1n) is 8.15. The lowest BCUT2D eigenvalue weighted by atomic mass is 10.2. The van der Waals surface area contributed by atoms with Crippen LogP contribution >= 0.6 is 23.5 Å². The maximum atomic E-state index is 12.2. The Bertz CT molecular complexity index is 906. The van der Waals surface area contributed by atoms with Gasteiger partial charge in [0.25, 0.3) is 5.91 Å². The van der Waals surface area contributed by atoms with Gasteiger partial charge < -0.3 is 11.1 Å². The van der Waals surface area contributed by atoms with E-state index < -0.39 is 0 Å². The zero-order valence-corrected chi connectivity index (χ0v) is 16.4. The van der Waals surface area contributed by atoms with Gasteiger partial charge in [-0.1, -0.05) is 34.5 Å². The van der Waals surface area contributed by atoms with Gasteiger partial charge in [0.2, 0.25) is 11.7 Å². The van der Waals surface area contributed by atoms with E-state index in [0.29, 0.717) is 16.2 Å². The van der Waals surface area contributed by atoms with Crippen molar-refractivity contribution >= 4 is 63.1 Å². The molecule has 0 saturated carbocycles. The van der Waals surface area contributed by atoms with Gasteiger partial charge >= 0.3 is 11.1 Å². The minimum absolute atomic E-state index is 0.00388. The number of amides is 3. The number of hydrogen-bond acceptors (Lipinski definition) is 6. The van der Waals surface area contributed by atoms with E-state index in [1.165, 1.54) is 11.8 Å². The standard InChI is InChI=1S/C17H17N5O3S2/c1-9-3-5-11(6-4-9)22-12(18)7-13(23)20-17(22)26-8-14(24)19-16-21-15(25)10(2)27-16/h3-6,10,18H,7-8H2,1-2H3,(H,19,21,24,25)/p+1. The first kappa shape index (κ1) is 19.3. The van der Waals surface area contributed by atoms with Crippen molar-refractivity contribution in [3.63, 3.8) is 0 Å². The number of nitrogens with two attached hydrogens (primary N) is 1. The average molecular weight is 404 g/mol. The first-order chi connectivity index (χ1) is 12.8. The summed E-state index contributed by atoms with van der Waals surface area (Å²) in [5.41, 5.74) is 7.93. The number of hydrogen-bond donors (Lipinski definition) is 2. The van der Waals surface area contributed by atoms with Crippen molar-refractivity contribution in [2.75, 3.05) is 5.75 Å². The molecule has 140 valence electrons. The molecule has 2 aliphatic heterocycles. The van der Waals surface area contributed by atoms with Gasteiger partial charge in [-0.15, -0.1) is 0 Å². The zero-order valence-electron chi connectivity index (χ0n) is 14.8. The number of carbonyl (C=O) groups excluding carboxylic acids is 3. The van der Waals surface area contributed by atoms with E-state index in [-0.39, 0.29) is 35.1 Å². The molecule has 2 aliphatic rings. The third kappa shape index (κ3) is 4.64. The maximum absolute atomic E-state index is 12.2. The van der Waals surface area contributed by atoms with Crippen molar-refractivity contribution in [3.8, 4) is 0 Å². The van der Waals surface area contributed by atoms with Crippen LogP contribution in [0.15, 0.2) is 34.3 Å². The number of amidine groups is 3. The summed E-state index contributed by atoms with van der Waals surface area (Å²) < 4.78 is 1.67. The lowest BCUT2D eigenvalue weighted by Gasteiger charge is -2.14. The van der Waals surface area contributed by atoms with Gasteiger partial charge in [-0.3, -0.25) is 14.4 Å². The van der Waals surface area contributed by atoms with E-state index in [1.807, 2.05) is 31.2 Å². The third-order valence-corrected chi connectivity index (χ3v) is 5.66. The molecule has 1 unspecified atom stereocenters. The van der Waals surface area contributed by atoms with Gasteiger partial charge in [0.1, 0.15) is 12.1 Å². The molecular formula is C17H18N5O3S2+. The molecule has 0 radical (unpaired) electrons.